The van der Waals surface area contributed by atoms with Crippen molar-refractivity contribution in [1.29, 1.82) is 0 Å². The van der Waals surface area contributed by atoms with Crippen LogP contribution in [0.2, 0.25) is 0 Å². The molecule has 1 aromatic heterocycles. The maximum absolute atomic E-state index is 12.8. The molecule has 12 heavy (non-hydrogen) atoms. The second-order valence-electron chi connectivity index (χ2n) is 2.03. The van der Waals surface area contributed by atoms with E-state index in [0.717, 1.165) is 0 Å². The van der Waals surface area contributed by atoms with E-state index in [4.69, 9.17) is 5.73 Å². The maximum atomic E-state index is 12.8. The van der Waals surface area contributed by atoms with Crippen LogP contribution in [-0.2, 0) is 0 Å². The van der Waals surface area contributed by atoms with Gasteiger partial charge in [0.2, 0.25) is 0 Å². The summed E-state index contributed by atoms with van der Waals surface area (Å²) in [5, 5.41) is 0. The van der Waals surface area contributed by atoms with Crippen LogP contribution in [0.25, 0.3) is 0 Å². The first kappa shape index (κ1) is 9.56. The molecule has 0 aromatic carbocycles. The van der Waals surface area contributed by atoms with E-state index >= 15 is 0 Å². The number of rotatable bonds is 1. The second-order valence-corrected chi connectivity index (χ2v) is 3.19. The highest BCUT2D eigenvalue weighted by Gasteiger charge is 2.18. The fourth-order valence-electron chi connectivity index (χ4n) is 0.681. The summed E-state index contributed by atoms with van der Waals surface area (Å²) < 4.78 is 36.9. The van der Waals surface area contributed by atoms with Crippen LogP contribution < -0.4 is 5.73 Å². The van der Waals surface area contributed by atoms with E-state index in [0.29, 0.717) is 0 Å². The van der Waals surface area contributed by atoms with E-state index in [9.17, 15) is 13.2 Å². The van der Waals surface area contributed by atoms with Crippen LogP contribution in [0.15, 0.2) is 6.07 Å². The van der Waals surface area contributed by atoms with E-state index in [1.807, 2.05) is 0 Å². The number of aromatic nitrogens is 1. The van der Waals surface area contributed by atoms with Crippen molar-refractivity contribution in [3.63, 3.8) is 0 Å². The molecular weight excluding hydrogens is 284 g/mol. The predicted molar refractivity (Wildman–Crippen MR) is 46.3 cm³/mol. The van der Waals surface area contributed by atoms with Crippen molar-refractivity contribution in [3.8, 4) is 0 Å². The van der Waals surface area contributed by atoms with Crippen molar-refractivity contribution in [2.24, 2.45) is 0 Å². The smallest absolute Gasteiger partial charge is 0.283 e. The normalized spacial score (nSPS) is 10.8. The van der Waals surface area contributed by atoms with Gasteiger partial charge >= 0.3 is 0 Å². The lowest BCUT2D eigenvalue weighted by molar-refractivity contribution is 0.140. The molecule has 0 bridgehead atoms. The number of hydrogen-bond donors (Lipinski definition) is 1. The summed E-state index contributed by atoms with van der Waals surface area (Å²) in [5.41, 5.74) is 4.26. The molecule has 0 saturated carbocycles. The van der Waals surface area contributed by atoms with Crippen LogP contribution >= 0.6 is 22.6 Å². The van der Waals surface area contributed by atoms with Gasteiger partial charge in [0.15, 0.2) is 5.82 Å². The van der Waals surface area contributed by atoms with E-state index in [1.54, 1.807) is 22.6 Å². The molecule has 0 radical (unpaired) electrons. The van der Waals surface area contributed by atoms with Gasteiger partial charge in [-0.15, -0.1) is 0 Å². The molecule has 0 atom stereocenters. The monoisotopic (exact) mass is 288 g/mol. The van der Waals surface area contributed by atoms with Crippen molar-refractivity contribution in [3.05, 3.63) is 21.1 Å². The Kier molecular flexibility index (Phi) is 2.76. The molecule has 0 saturated heterocycles. The highest BCUT2D eigenvalue weighted by Crippen LogP contribution is 2.24. The molecule has 0 aliphatic rings. The van der Waals surface area contributed by atoms with Gasteiger partial charge < -0.3 is 5.73 Å². The Hall–Kier alpha value is -0.530. The second kappa shape index (κ2) is 3.46. The third-order valence-electron chi connectivity index (χ3n) is 1.17. The van der Waals surface area contributed by atoms with Crippen molar-refractivity contribution in [2.45, 2.75) is 6.43 Å². The molecular formula is C6H4F3IN2. The first-order valence-corrected chi connectivity index (χ1v) is 4.00. The summed E-state index contributed by atoms with van der Waals surface area (Å²) in [4.78, 5) is 3.18. The van der Waals surface area contributed by atoms with Crippen LogP contribution in [0.4, 0.5) is 19.0 Å². The van der Waals surface area contributed by atoms with Crippen molar-refractivity contribution >= 4 is 28.4 Å². The number of alkyl halides is 2. The van der Waals surface area contributed by atoms with Gasteiger partial charge in [-0.25, -0.2) is 18.2 Å². The number of anilines is 1. The van der Waals surface area contributed by atoms with E-state index in [1.165, 1.54) is 6.07 Å². The summed E-state index contributed by atoms with van der Waals surface area (Å²) >= 11 is 1.58. The Morgan fingerprint density at radius 3 is 2.58 bits per heavy atom. The van der Waals surface area contributed by atoms with Gasteiger partial charge in [-0.2, -0.15) is 0 Å². The van der Waals surface area contributed by atoms with Gasteiger partial charge in [0.25, 0.3) is 6.43 Å². The molecule has 0 aliphatic heterocycles. The summed E-state index contributed by atoms with van der Waals surface area (Å²) in [5.74, 6) is -1.10. The van der Waals surface area contributed by atoms with Gasteiger partial charge in [0.05, 0.1) is 3.57 Å². The lowest BCUT2D eigenvalue weighted by atomic mass is 10.3. The average molecular weight is 288 g/mol. The van der Waals surface area contributed by atoms with Gasteiger partial charge in [0, 0.05) is 0 Å². The first-order chi connectivity index (χ1) is 5.52. The van der Waals surface area contributed by atoms with Crippen LogP contribution in [-0.4, -0.2) is 4.98 Å². The molecule has 66 valence electrons. The fraction of sp³-hybridized carbons (Fsp3) is 0.167. The topological polar surface area (TPSA) is 38.9 Å². The summed E-state index contributed by atoms with van der Waals surface area (Å²) in [6, 6.07) is 1.20. The van der Waals surface area contributed by atoms with E-state index in [-0.39, 0.29) is 9.39 Å². The van der Waals surface area contributed by atoms with Crippen LogP contribution in [0.1, 0.15) is 12.1 Å². The minimum atomic E-state index is -2.93. The minimum Gasteiger partial charge on any atom is -0.384 e. The van der Waals surface area contributed by atoms with Gasteiger partial charge in [-0.1, -0.05) is 0 Å². The third kappa shape index (κ3) is 1.79. The molecule has 0 spiro atoms. The van der Waals surface area contributed by atoms with Gasteiger partial charge in [-0.3, -0.25) is 0 Å². The Labute approximate surface area is 80.1 Å². The zero-order valence-corrected chi connectivity index (χ0v) is 7.85. The molecule has 1 aromatic rings. The molecule has 0 aliphatic carbocycles. The largest absolute Gasteiger partial charge is 0.384 e. The van der Waals surface area contributed by atoms with E-state index in [2.05, 4.69) is 4.98 Å². The summed E-state index contributed by atoms with van der Waals surface area (Å²) in [6.07, 6.45) is -2.93. The predicted octanol–water partition coefficient (Wildman–Crippen LogP) is 2.35. The molecule has 0 amide bonds. The highest BCUT2D eigenvalue weighted by molar-refractivity contribution is 14.1. The quantitative estimate of drug-likeness (QED) is 0.806. The number of halogens is 4. The third-order valence-corrected chi connectivity index (χ3v) is 1.95. The average Bonchev–Trinajstić information content (AvgIpc) is 1.96. The lowest BCUT2D eigenvalue weighted by Gasteiger charge is -2.03. The number of hydrogen-bond acceptors (Lipinski definition) is 2. The molecule has 1 heterocycles. The molecule has 2 nitrogen and oxygen atoms in total. The summed E-state index contributed by atoms with van der Waals surface area (Å²) in [6.45, 7) is 0. The molecule has 1 rings (SSSR count). The number of pyridine rings is 1. The lowest BCUT2D eigenvalue weighted by Crippen LogP contribution is -2.02. The summed E-state index contributed by atoms with van der Waals surface area (Å²) in [7, 11) is 0. The maximum Gasteiger partial charge on any atom is 0.283 e. The first-order valence-electron chi connectivity index (χ1n) is 2.92. The van der Waals surface area contributed by atoms with Crippen LogP contribution in [0.5, 0.6) is 0 Å². The van der Waals surface area contributed by atoms with E-state index < -0.39 is 17.9 Å². The minimum absolute atomic E-state index is 0.0513. The van der Waals surface area contributed by atoms with Crippen LogP contribution in [0, 0.1) is 9.39 Å². The highest BCUT2D eigenvalue weighted by atomic mass is 127. The van der Waals surface area contributed by atoms with Gasteiger partial charge in [-0.05, 0) is 28.7 Å². The van der Waals surface area contributed by atoms with Crippen molar-refractivity contribution < 1.29 is 13.2 Å². The van der Waals surface area contributed by atoms with Gasteiger partial charge in [0.1, 0.15) is 11.5 Å². The zero-order valence-electron chi connectivity index (χ0n) is 5.69. The fourth-order valence-corrected chi connectivity index (χ4v) is 1.28. The zero-order chi connectivity index (χ0) is 9.30. The molecule has 6 heteroatoms. The Bertz CT molecular complexity index is 303. The SMILES string of the molecule is Nc1cc(I)c(F)c(C(F)F)n1. The number of nitrogens with two attached hydrogens (primary N) is 1. The van der Waals surface area contributed by atoms with Crippen molar-refractivity contribution in [1.82, 2.24) is 4.98 Å². The van der Waals surface area contributed by atoms with Crippen molar-refractivity contribution in [2.75, 3.05) is 5.73 Å². The standard InChI is InChI=1S/C6H4F3IN2/c7-4-2(10)1-3(11)12-5(4)6(8)9/h1,6H,(H2,11,12). The Morgan fingerprint density at radius 1 is 1.50 bits per heavy atom. The Morgan fingerprint density at radius 2 is 2.08 bits per heavy atom. The molecule has 2 N–H and O–H groups in total. The number of nitrogens with zero attached hydrogens (tertiary/aromatic N) is 1. The Balaban J connectivity index is 3.28. The molecule has 0 fully saturated rings. The number of nitrogen functional groups attached to an aromatic ring is 1. The molecule has 0 unspecified atom stereocenters. The van der Waals surface area contributed by atoms with Crippen LogP contribution in [0.3, 0.4) is 0 Å².